The Labute approximate surface area is 166 Å². The lowest BCUT2D eigenvalue weighted by Gasteiger charge is -2.25. The summed E-state index contributed by atoms with van der Waals surface area (Å²) in [6, 6.07) is 12.1. The number of hydrogen-bond donors (Lipinski definition) is 1. The van der Waals surface area contributed by atoms with Crippen molar-refractivity contribution in [2.24, 2.45) is 5.10 Å². The van der Waals surface area contributed by atoms with Crippen molar-refractivity contribution >= 4 is 22.1 Å². The third-order valence-electron chi connectivity index (χ3n) is 4.84. The van der Waals surface area contributed by atoms with E-state index in [1.165, 1.54) is 16.4 Å². The predicted molar refractivity (Wildman–Crippen MR) is 110 cm³/mol. The lowest BCUT2D eigenvalue weighted by molar-refractivity contribution is 0.0955. The van der Waals surface area contributed by atoms with Crippen LogP contribution < -0.4 is 5.43 Å². The van der Waals surface area contributed by atoms with E-state index in [4.69, 9.17) is 0 Å². The molecule has 0 atom stereocenters. The van der Waals surface area contributed by atoms with Gasteiger partial charge in [0.2, 0.25) is 10.0 Å². The van der Waals surface area contributed by atoms with Gasteiger partial charge in [0.05, 0.1) is 11.1 Å². The lowest BCUT2D eigenvalue weighted by atomic mass is 10.1. The van der Waals surface area contributed by atoms with E-state index in [9.17, 15) is 13.2 Å². The second-order valence-corrected chi connectivity index (χ2v) is 8.99. The molecule has 6 nitrogen and oxygen atoms in total. The molecule has 148 valence electrons. The van der Waals surface area contributed by atoms with Crippen LogP contribution in [0.4, 0.5) is 0 Å². The molecule has 28 heavy (non-hydrogen) atoms. The smallest absolute Gasteiger partial charge is 0.267 e. The maximum Gasteiger partial charge on any atom is 0.271 e. The molecule has 2 aromatic rings. The van der Waals surface area contributed by atoms with E-state index < -0.39 is 15.9 Å². The van der Waals surface area contributed by atoms with E-state index in [0.717, 1.165) is 36.0 Å². The molecule has 2 aromatic carbocycles. The number of sulfonamides is 1. The maximum absolute atomic E-state index is 12.8. The van der Waals surface area contributed by atoms with Crippen molar-refractivity contribution in [1.82, 2.24) is 9.73 Å². The molecule has 1 fully saturated rings. The number of amides is 1. The molecule has 3 rings (SSSR count). The third-order valence-corrected chi connectivity index (χ3v) is 6.74. The molecular weight excluding hydrogens is 374 g/mol. The van der Waals surface area contributed by atoms with Crippen LogP contribution >= 0.6 is 0 Å². The molecule has 1 amide bonds. The van der Waals surface area contributed by atoms with Crippen LogP contribution in [0.5, 0.6) is 0 Å². The second-order valence-electron chi connectivity index (χ2n) is 7.05. The Morgan fingerprint density at radius 3 is 2.54 bits per heavy atom. The fourth-order valence-corrected chi connectivity index (χ4v) is 4.81. The first-order valence-corrected chi connectivity index (χ1v) is 10.8. The summed E-state index contributed by atoms with van der Waals surface area (Å²) >= 11 is 0. The zero-order chi connectivity index (χ0) is 20.1. The number of carbonyl (C=O) groups is 1. The van der Waals surface area contributed by atoms with Gasteiger partial charge in [-0.2, -0.15) is 9.41 Å². The molecule has 0 saturated carbocycles. The number of hydrazone groups is 1. The van der Waals surface area contributed by atoms with Crippen molar-refractivity contribution in [2.75, 3.05) is 13.1 Å². The second kappa shape index (κ2) is 8.67. The van der Waals surface area contributed by atoms with Crippen LogP contribution in [0.3, 0.4) is 0 Å². The molecule has 0 aromatic heterocycles. The van der Waals surface area contributed by atoms with Gasteiger partial charge in [-0.3, -0.25) is 4.79 Å². The van der Waals surface area contributed by atoms with Crippen LogP contribution in [0.2, 0.25) is 0 Å². The Balaban J connectivity index is 1.72. The van der Waals surface area contributed by atoms with Crippen molar-refractivity contribution in [3.8, 4) is 0 Å². The summed E-state index contributed by atoms with van der Waals surface area (Å²) in [5.74, 6) is -0.447. The van der Waals surface area contributed by atoms with Crippen LogP contribution in [0.1, 0.15) is 46.3 Å². The van der Waals surface area contributed by atoms with E-state index in [0.29, 0.717) is 13.1 Å². The summed E-state index contributed by atoms with van der Waals surface area (Å²) < 4.78 is 27.1. The Hall–Kier alpha value is -2.51. The van der Waals surface area contributed by atoms with E-state index in [2.05, 4.69) is 10.5 Å². The minimum absolute atomic E-state index is 0.139. The van der Waals surface area contributed by atoms with Crippen LogP contribution in [0, 0.1) is 13.8 Å². The van der Waals surface area contributed by atoms with Gasteiger partial charge >= 0.3 is 0 Å². The van der Waals surface area contributed by atoms with Gasteiger partial charge in [0.25, 0.3) is 5.91 Å². The zero-order valence-corrected chi connectivity index (χ0v) is 17.0. The molecule has 0 unspecified atom stereocenters. The van der Waals surface area contributed by atoms with Gasteiger partial charge in [-0.15, -0.1) is 0 Å². The average molecular weight is 400 g/mol. The summed E-state index contributed by atoms with van der Waals surface area (Å²) in [6.07, 6.45) is 4.37. The van der Waals surface area contributed by atoms with Gasteiger partial charge in [0.15, 0.2) is 0 Å². The van der Waals surface area contributed by atoms with Crippen molar-refractivity contribution in [3.63, 3.8) is 0 Å². The average Bonchev–Trinajstić information content (AvgIpc) is 2.70. The van der Waals surface area contributed by atoms with Gasteiger partial charge in [-0.25, -0.2) is 13.8 Å². The first-order valence-electron chi connectivity index (χ1n) is 9.39. The highest BCUT2D eigenvalue weighted by Gasteiger charge is 2.26. The van der Waals surface area contributed by atoms with E-state index in [1.54, 1.807) is 18.3 Å². The molecule has 0 radical (unpaired) electrons. The number of nitrogens with zero attached hydrogens (tertiary/aromatic N) is 2. The SMILES string of the molecule is Cc1ccc(/C=N/NC(=O)c2cccc(S(=O)(=O)N3CCCCC3)c2)c(C)c1. The van der Waals surface area contributed by atoms with Crippen molar-refractivity contribution in [1.29, 1.82) is 0 Å². The molecule has 0 bridgehead atoms. The molecule has 0 aliphatic carbocycles. The standard InChI is InChI=1S/C21H25N3O3S/c1-16-9-10-19(17(2)13-16)15-22-23-21(25)18-7-6-8-20(14-18)28(26,27)24-11-4-3-5-12-24/h6-10,13-15H,3-5,11-12H2,1-2H3,(H,23,25)/b22-15+. The Bertz CT molecular complexity index is 994. The lowest BCUT2D eigenvalue weighted by Crippen LogP contribution is -2.35. The highest BCUT2D eigenvalue weighted by molar-refractivity contribution is 7.89. The first-order chi connectivity index (χ1) is 13.4. The highest BCUT2D eigenvalue weighted by Crippen LogP contribution is 2.21. The van der Waals surface area contributed by atoms with Crippen molar-refractivity contribution in [2.45, 2.75) is 38.0 Å². The van der Waals surface area contributed by atoms with Crippen molar-refractivity contribution < 1.29 is 13.2 Å². The summed E-state index contributed by atoms with van der Waals surface area (Å²) in [4.78, 5) is 12.5. The number of aryl methyl sites for hydroxylation is 2. The summed E-state index contributed by atoms with van der Waals surface area (Å²) in [5.41, 5.74) is 5.86. The Kier molecular flexibility index (Phi) is 6.26. The molecule has 1 aliphatic rings. The predicted octanol–water partition coefficient (Wildman–Crippen LogP) is 3.24. The molecule has 1 N–H and O–H groups in total. The molecular formula is C21H25N3O3S. The molecule has 1 saturated heterocycles. The fraction of sp³-hybridized carbons (Fsp3) is 0.333. The normalized spacial score (nSPS) is 15.6. The molecule has 0 spiro atoms. The first kappa shape index (κ1) is 20.2. The van der Waals surface area contributed by atoms with E-state index >= 15 is 0 Å². The molecule has 1 heterocycles. The van der Waals surface area contributed by atoms with Gasteiger partial charge < -0.3 is 0 Å². The van der Waals surface area contributed by atoms with Gasteiger partial charge in [-0.05, 0) is 56.0 Å². The zero-order valence-electron chi connectivity index (χ0n) is 16.2. The molecule has 7 heteroatoms. The van der Waals surface area contributed by atoms with Crippen molar-refractivity contribution in [3.05, 3.63) is 64.7 Å². The van der Waals surface area contributed by atoms with Crippen LogP contribution in [0.25, 0.3) is 0 Å². The van der Waals surface area contributed by atoms with E-state index in [-0.39, 0.29) is 10.5 Å². The Morgan fingerprint density at radius 2 is 1.82 bits per heavy atom. The fourth-order valence-electron chi connectivity index (χ4n) is 3.25. The minimum Gasteiger partial charge on any atom is -0.267 e. The number of carbonyl (C=O) groups excluding carboxylic acids is 1. The van der Waals surface area contributed by atoms with Crippen LogP contribution in [-0.4, -0.2) is 37.9 Å². The van der Waals surface area contributed by atoms with Gasteiger partial charge in [0.1, 0.15) is 0 Å². The molecule has 1 aliphatic heterocycles. The van der Waals surface area contributed by atoms with Gasteiger partial charge in [-0.1, -0.05) is 36.2 Å². The highest BCUT2D eigenvalue weighted by atomic mass is 32.2. The number of rotatable bonds is 5. The van der Waals surface area contributed by atoms with Crippen LogP contribution in [-0.2, 0) is 10.0 Å². The summed E-state index contributed by atoms with van der Waals surface area (Å²) in [5, 5.41) is 4.01. The Morgan fingerprint density at radius 1 is 1.07 bits per heavy atom. The summed E-state index contributed by atoms with van der Waals surface area (Å²) in [7, 11) is -3.58. The quantitative estimate of drug-likeness (QED) is 0.619. The topological polar surface area (TPSA) is 78.8 Å². The maximum atomic E-state index is 12.8. The monoisotopic (exact) mass is 399 g/mol. The third kappa shape index (κ3) is 4.66. The number of piperidine rings is 1. The minimum atomic E-state index is -3.58. The number of hydrogen-bond acceptors (Lipinski definition) is 4. The number of nitrogens with one attached hydrogen (secondary N) is 1. The largest absolute Gasteiger partial charge is 0.271 e. The summed E-state index contributed by atoms with van der Waals surface area (Å²) in [6.45, 7) is 5.05. The van der Waals surface area contributed by atoms with Gasteiger partial charge in [0, 0.05) is 18.7 Å². The van der Waals surface area contributed by atoms with Crippen LogP contribution in [0.15, 0.2) is 52.5 Å². The van der Waals surface area contributed by atoms with E-state index in [1.807, 2.05) is 32.0 Å². The number of benzene rings is 2.